The molecule has 0 saturated heterocycles. The number of carbonyl (C=O) groups excluding carboxylic acids is 1. The molecule has 0 unspecified atom stereocenters. The molecule has 15 heavy (non-hydrogen) atoms. The van der Waals surface area contributed by atoms with E-state index in [1.54, 1.807) is 0 Å². The van der Waals surface area contributed by atoms with Crippen LogP contribution < -0.4 is 5.11 Å². The quantitative estimate of drug-likeness (QED) is 0.536. The van der Waals surface area contributed by atoms with E-state index in [4.69, 9.17) is 0 Å². The molecule has 0 amide bonds. The van der Waals surface area contributed by atoms with Crippen LogP contribution >= 0.6 is 0 Å². The summed E-state index contributed by atoms with van der Waals surface area (Å²) >= 11 is 0.750. The van der Waals surface area contributed by atoms with Crippen molar-refractivity contribution in [3.05, 3.63) is 0 Å². The van der Waals surface area contributed by atoms with E-state index in [1.165, 1.54) is 6.42 Å². The maximum atomic E-state index is 10.0. The van der Waals surface area contributed by atoms with Crippen LogP contribution in [0, 0.1) is 5.41 Å². The summed E-state index contributed by atoms with van der Waals surface area (Å²) in [4.78, 5) is 10.0. The van der Waals surface area contributed by atoms with Crippen molar-refractivity contribution >= 4 is 21.2 Å². The van der Waals surface area contributed by atoms with E-state index in [2.05, 4.69) is 32.3 Å². The van der Waals surface area contributed by atoms with Gasteiger partial charge in [-0.15, -0.1) is 0 Å². The fraction of sp³-hybridized carbons (Fsp3) is 0.917. The molecule has 0 aromatic heterocycles. The SMILES string of the molecule is CC(C)(C)CCCCCC(=O)[O-].[CH3][Al+][CH3]. The van der Waals surface area contributed by atoms with Crippen LogP contribution in [0.2, 0.25) is 11.6 Å². The van der Waals surface area contributed by atoms with Gasteiger partial charge in [0.15, 0.2) is 0 Å². The number of aliphatic carboxylic acids is 1. The molecule has 0 fully saturated rings. The van der Waals surface area contributed by atoms with E-state index >= 15 is 0 Å². The zero-order chi connectivity index (χ0) is 12.3. The van der Waals surface area contributed by atoms with E-state index in [1.807, 2.05) is 0 Å². The molecule has 0 heterocycles. The summed E-state index contributed by atoms with van der Waals surface area (Å²) in [5, 5.41) is 10.0. The minimum atomic E-state index is -0.925. The molecule has 0 aromatic rings. The van der Waals surface area contributed by atoms with Gasteiger partial charge in [-0.05, 0) is 24.7 Å². The topological polar surface area (TPSA) is 40.1 Å². The number of hydrogen-bond donors (Lipinski definition) is 0. The summed E-state index contributed by atoms with van der Waals surface area (Å²) in [6.45, 7) is 6.60. The number of carboxylic acids is 1. The molecule has 0 spiro atoms. The van der Waals surface area contributed by atoms with Crippen molar-refractivity contribution in [3.8, 4) is 0 Å². The summed E-state index contributed by atoms with van der Waals surface area (Å²) < 4.78 is 0. The van der Waals surface area contributed by atoms with Crippen molar-refractivity contribution in [2.75, 3.05) is 0 Å². The van der Waals surface area contributed by atoms with Gasteiger partial charge in [-0.1, -0.05) is 33.6 Å². The molecule has 0 N–H and O–H groups in total. The van der Waals surface area contributed by atoms with Gasteiger partial charge in [0.05, 0.1) is 0 Å². The molecule has 0 bridgehead atoms. The molecule has 0 saturated carbocycles. The average molecular weight is 228 g/mol. The Labute approximate surface area is 101 Å². The second-order valence-corrected chi connectivity index (χ2v) is 6.23. The third-order valence-electron chi connectivity index (χ3n) is 1.81. The van der Waals surface area contributed by atoms with Crippen LogP contribution in [0.25, 0.3) is 0 Å². The van der Waals surface area contributed by atoms with Crippen LogP contribution in [-0.2, 0) is 4.79 Å². The summed E-state index contributed by atoms with van der Waals surface area (Å²) in [6.07, 6.45) is 4.27. The van der Waals surface area contributed by atoms with Crippen LogP contribution in [0.4, 0.5) is 0 Å². The molecule has 0 aliphatic rings. The van der Waals surface area contributed by atoms with Gasteiger partial charge in [-0.2, -0.15) is 0 Å². The fourth-order valence-corrected chi connectivity index (χ4v) is 1.10. The number of hydrogen-bond acceptors (Lipinski definition) is 2. The van der Waals surface area contributed by atoms with Crippen molar-refractivity contribution < 1.29 is 9.90 Å². The first-order valence-corrected chi connectivity index (χ1v) is 8.08. The Kier molecular flexibility index (Phi) is 12.2. The van der Waals surface area contributed by atoms with Crippen LogP contribution in [0.3, 0.4) is 0 Å². The first-order chi connectivity index (χ1) is 6.83. The molecule has 0 aliphatic heterocycles. The monoisotopic (exact) mass is 228 g/mol. The molecule has 0 aromatic carbocycles. The Morgan fingerprint density at radius 3 is 1.93 bits per heavy atom. The summed E-state index contributed by atoms with van der Waals surface area (Å²) in [5.41, 5.74) is 0.376. The van der Waals surface area contributed by atoms with Crippen molar-refractivity contribution in [2.24, 2.45) is 5.41 Å². The van der Waals surface area contributed by atoms with E-state index in [-0.39, 0.29) is 6.42 Å². The van der Waals surface area contributed by atoms with E-state index in [9.17, 15) is 9.90 Å². The van der Waals surface area contributed by atoms with Gasteiger partial charge >= 0.3 is 26.8 Å². The second-order valence-electron chi connectivity index (χ2n) is 5.07. The van der Waals surface area contributed by atoms with Crippen molar-refractivity contribution in [1.29, 1.82) is 0 Å². The van der Waals surface area contributed by atoms with Gasteiger partial charge in [-0.3, -0.25) is 0 Å². The molecule has 88 valence electrons. The Balaban J connectivity index is 0. The summed E-state index contributed by atoms with van der Waals surface area (Å²) in [7, 11) is 0. The first-order valence-electron chi connectivity index (χ1n) is 5.77. The normalized spacial score (nSPS) is 9.93. The van der Waals surface area contributed by atoms with Crippen LogP contribution in [0.15, 0.2) is 0 Å². The Hall–Kier alpha value is 0.00247. The zero-order valence-corrected chi connectivity index (χ0v) is 12.1. The average Bonchev–Trinajstić information content (AvgIpc) is 2.02. The van der Waals surface area contributed by atoms with Gasteiger partial charge in [-0.25, -0.2) is 0 Å². The number of unbranched alkanes of at least 4 members (excludes halogenated alkanes) is 2. The third kappa shape index (κ3) is 24.9. The molecule has 0 aliphatic carbocycles. The Morgan fingerprint density at radius 2 is 1.60 bits per heavy atom. The van der Waals surface area contributed by atoms with Gasteiger partial charge in [0.25, 0.3) is 0 Å². The van der Waals surface area contributed by atoms with Gasteiger partial charge in [0.2, 0.25) is 0 Å². The number of carboxylic acid groups (broad SMARTS) is 1. The van der Waals surface area contributed by atoms with Crippen LogP contribution in [0.5, 0.6) is 0 Å². The molecular formula is C12H25AlO2. The molecule has 0 rings (SSSR count). The number of rotatable bonds is 5. The van der Waals surface area contributed by atoms with E-state index < -0.39 is 5.97 Å². The van der Waals surface area contributed by atoms with E-state index in [0.29, 0.717) is 5.41 Å². The molecule has 2 nitrogen and oxygen atoms in total. The Morgan fingerprint density at radius 1 is 1.13 bits per heavy atom. The van der Waals surface area contributed by atoms with E-state index in [0.717, 1.165) is 34.5 Å². The van der Waals surface area contributed by atoms with Crippen LogP contribution in [0.1, 0.15) is 52.9 Å². The summed E-state index contributed by atoms with van der Waals surface area (Å²) in [5.74, 6) is 3.49. The predicted octanol–water partition coefficient (Wildman–Crippen LogP) is 2.52. The van der Waals surface area contributed by atoms with Crippen molar-refractivity contribution in [1.82, 2.24) is 0 Å². The standard InChI is InChI=1S/C10H20O2.2CH3.Al/c1-10(2,3)8-6-4-5-7-9(11)12;;;/h4-8H2,1-3H3,(H,11,12);2*1H3;/q;;;+1/p-1. The maximum absolute atomic E-state index is 10.0. The predicted molar refractivity (Wildman–Crippen MR) is 65.0 cm³/mol. The number of carbonyl (C=O) groups is 1. The summed E-state index contributed by atoms with van der Waals surface area (Å²) in [6, 6.07) is 0. The third-order valence-corrected chi connectivity index (χ3v) is 1.81. The van der Waals surface area contributed by atoms with Gasteiger partial charge < -0.3 is 9.90 Å². The Bertz CT molecular complexity index is 150. The zero-order valence-electron chi connectivity index (χ0n) is 10.9. The van der Waals surface area contributed by atoms with Crippen molar-refractivity contribution in [3.63, 3.8) is 0 Å². The molecular weight excluding hydrogens is 203 g/mol. The molecule has 3 heteroatoms. The first kappa shape index (κ1) is 17.4. The minimum absolute atomic E-state index is 0.212. The van der Waals surface area contributed by atoms with Crippen LogP contribution in [-0.4, -0.2) is 21.2 Å². The van der Waals surface area contributed by atoms with Crippen molar-refractivity contribution in [2.45, 2.75) is 64.4 Å². The van der Waals surface area contributed by atoms with Gasteiger partial charge in [0, 0.05) is 5.97 Å². The molecule has 0 atom stereocenters. The second kappa shape index (κ2) is 10.5. The fourth-order valence-electron chi connectivity index (χ4n) is 1.10. The van der Waals surface area contributed by atoms with Gasteiger partial charge in [0.1, 0.15) is 0 Å². The molecule has 0 radical (unpaired) electrons.